The molecular weight excluding hydrogens is 484 g/mol. The summed E-state index contributed by atoms with van der Waals surface area (Å²) in [6.07, 6.45) is 3.91. The third-order valence-corrected chi connectivity index (χ3v) is 8.78. The van der Waals surface area contributed by atoms with Gasteiger partial charge in [0.1, 0.15) is 11.7 Å². The van der Waals surface area contributed by atoms with Crippen LogP contribution in [0.2, 0.25) is 0 Å². The second kappa shape index (κ2) is 10.3. The number of nitrogens with zero attached hydrogens (tertiary/aromatic N) is 5. The summed E-state index contributed by atoms with van der Waals surface area (Å²) in [6.45, 7) is 10.5. The number of amides is 1. The van der Waals surface area contributed by atoms with Crippen molar-refractivity contribution in [2.75, 3.05) is 44.2 Å². The minimum absolute atomic E-state index is 0.127. The Morgan fingerprint density at radius 3 is 2.81 bits per heavy atom. The van der Waals surface area contributed by atoms with Gasteiger partial charge in [-0.1, -0.05) is 18.2 Å². The number of anilines is 1. The topological polar surface area (TPSA) is 73.3 Å². The van der Waals surface area contributed by atoms with Gasteiger partial charge < -0.3 is 14.6 Å². The highest BCUT2D eigenvalue weighted by molar-refractivity contribution is 7.16. The maximum Gasteiger partial charge on any atom is 0.219 e. The van der Waals surface area contributed by atoms with Gasteiger partial charge in [0.15, 0.2) is 10.8 Å². The number of carbonyl (C=O) groups is 1. The number of aromatic nitrogens is 1. The Morgan fingerprint density at radius 1 is 1.14 bits per heavy atom. The molecule has 6 rings (SSSR count). The van der Waals surface area contributed by atoms with Crippen LogP contribution in [0.15, 0.2) is 35.3 Å². The zero-order valence-electron chi connectivity index (χ0n) is 21.6. The number of fused-ring (bicyclic) bond motifs is 4. The number of nitrogens with one attached hydrogen (secondary N) is 1. The monoisotopic (exact) mass is 518 g/mol. The quantitative estimate of drug-likeness (QED) is 0.487. The summed E-state index contributed by atoms with van der Waals surface area (Å²) in [7, 11) is 0. The molecule has 0 bridgehead atoms. The lowest BCUT2D eigenvalue weighted by atomic mass is 10.1. The van der Waals surface area contributed by atoms with Gasteiger partial charge in [0.25, 0.3) is 0 Å². The highest BCUT2D eigenvalue weighted by Gasteiger charge is 2.29. The van der Waals surface area contributed by atoms with Gasteiger partial charge >= 0.3 is 0 Å². The minimum Gasteiger partial charge on any atom is -0.377 e. The van der Waals surface area contributed by atoms with Crippen LogP contribution in [0.1, 0.15) is 42.2 Å². The molecule has 3 aliphatic heterocycles. The molecule has 0 radical (unpaired) electrons. The van der Waals surface area contributed by atoms with E-state index in [9.17, 15) is 4.79 Å². The molecular formula is C28H34N6O2S. The highest BCUT2D eigenvalue weighted by atomic mass is 32.1. The van der Waals surface area contributed by atoms with E-state index in [2.05, 4.69) is 52.5 Å². The predicted octanol–water partition coefficient (Wildman–Crippen LogP) is 4.43. The van der Waals surface area contributed by atoms with E-state index >= 15 is 0 Å². The van der Waals surface area contributed by atoms with Crippen LogP contribution in [0.5, 0.6) is 5.75 Å². The molecule has 1 N–H and O–H groups in total. The van der Waals surface area contributed by atoms with Crippen molar-refractivity contribution < 1.29 is 9.63 Å². The number of rotatable bonds is 6. The van der Waals surface area contributed by atoms with Crippen molar-refractivity contribution in [3.63, 3.8) is 0 Å². The van der Waals surface area contributed by atoms with Gasteiger partial charge in [-0.25, -0.2) is 15.5 Å². The molecule has 194 valence electrons. The van der Waals surface area contributed by atoms with E-state index in [1.165, 1.54) is 21.4 Å². The van der Waals surface area contributed by atoms with Crippen molar-refractivity contribution in [1.82, 2.24) is 20.3 Å². The molecule has 1 fully saturated rings. The van der Waals surface area contributed by atoms with Crippen molar-refractivity contribution in [3.8, 4) is 5.75 Å². The first kappa shape index (κ1) is 24.2. The molecule has 1 amide bonds. The molecule has 37 heavy (non-hydrogen) atoms. The smallest absolute Gasteiger partial charge is 0.219 e. The summed E-state index contributed by atoms with van der Waals surface area (Å²) < 4.78 is 0. The number of amidine groups is 1. The average molecular weight is 519 g/mol. The van der Waals surface area contributed by atoms with Crippen LogP contribution < -0.4 is 15.2 Å². The fourth-order valence-electron chi connectivity index (χ4n) is 5.49. The molecule has 5 heterocycles. The molecule has 0 aliphatic carbocycles. The summed E-state index contributed by atoms with van der Waals surface area (Å²) in [5.74, 6) is 2.99. The van der Waals surface area contributed by atoms with Gasteiger partial charge in [0.2, 0.25) is 5.91 Å². The number of hydrogen-bond donors (Lipinski definition) is 1. The summed E-state index contributed by atoms with van der Waals surface area (Å²) in [5, 5.41) is 2.18. The van der Waals surface area contributed by atoms with E-state index in [-0.39, 0.29) is 5.91 Å². The van der Waals surface area contributed by atoms with Crippen LogP contribution in [-0.4, -0.2) is 65.8 Å². The second-order valence-electron chi connectivity index (χ2n) is 10.2. The van der Waals surface area contributed by atoms with E-state index in [1.54, 1.807) is 18.3 Å². The van der Waals surface area contributed by atoms with E-state index < -0.39 is 0 Å². The molecule has 3 aromatic rings. The number of pyridine rings is 1. The molecule has 8 nitrogen and oxygen atoms in total. The Morgan fingerprint density at radius 2 is 1.97 bits per heavy atom. The fraction of sp³-hybridized carbons (Fsp3) is 0.464. The Balaban J connectivity index is 0.972. The molecule has 9 heteroatoms. The highest BCUT2D eigenvalue weighted by Crippen LogP contribution is 2.45. The SMILES string of the molecule is CC(=O)N1CCc2c(sc3c2ONC(CCCCN2CCN(c4cc(C)c5ccccc5n4)CC2)=N3)C1. The summed E-state index contributed by atoms with van der Waals surface area (Å²) >= 11 is 1.66. The predicted molar refractivity (Wildman–Crippen MR) is 149 cm³/mol. The normalized spacial score (nSPS) is 17.6. The van der Waals surface area contributed by atoms with Crippen molar-refractivity contribution in [2.24, 2.45) is 4.99 Å². The largest absolute Gasteiger partial charge is 0.377 e. The third kappa shape index (κ3) is 5.02. The van der Waals surface area contributed by atoms with E-state index in [0.29, 0.717) is 6.54 Å². The van der Waals surface area contributed by atoms with E-state index in [1.807, 2.05) is 4.90 Å². The van der Waals surface area contributed by atoms with Crippen LogP contribution in [-0.2, 0) is 17.8 Å². The molecule has 1 saturated heterocycles. The molecule has 3 aliphatic rings. The number of aryl methyl sites for hydroxylation is 1. The molecule has 0 spiro atoms. The van der Waals surface area contributed by atoms with Crippen molar-refractivity contribution in [3.05, 3.63) is 46.3 Å². The number of carbonyl (C=O) groups excluding carboxylic acids is 1. The maximum absolute atomic E-state index is 11.8. The van der Waals surface area contributed by atoms with E-state index in [0.717, 1.165) is 92.9 Å². The minimum atomic E-state index is 0.127. The number of piperazine rings is 1. The Kier molecular flexibility index (Phi) is 6.73. The molecule has 0 saturated carbocycles. The standard InChI is InChI=1S/C28H34N6O2S/c1-19-17-26(29-23-8-4-3-7-21(19)23)33-15-13-32(14-16-33)11-6-5-9-25-30-28-27(36-31-25)22-10-12-34(20(2)35)18-24(22)37-28/h3-4,7-8,17H,5-6,9-16,18H2,1-2H3,(H,30,31). The van der Waals surface area contributed by atoms with Crippen LogP contribution >= 0.6 is 11.3 Å². The van der Waals surface area contributed by atoms with Gasteiger partial charge in [-0.05, 0) is 50.4 Å². The third-order valence-electron chi connectivity index (χ3n) is 7.69. The average Bonchev–Trinajstić information content (AvgIpc) is 3.28. The molecule has 0 atom stereocenters. The Bertz CT molecular complexity index is 1340. The fourth-order valence-corrected chi connectivity index (χ4v) is 6.68. The van der Waals surface area contributed by atoms with Crippen LogP contribution in [0, 0.1) is 6.92 Å². The van der Waals surface area contributed by atoms with Gasteiger partial charge in [-0.2, -0.15) is 0 Å². The van der Waals surface area contributed by atoms with Gasteiger partial charge in [-0.15, -0.1) is 11.3 Å². The van der Waals surface area contributed by atoms with Gasteiger partial charge in [-0.3, -0.25) is 9.69 Å². The molecule has 1 aromatic carbocycles. The van der Waals surface area contributed by atoms with Crippen molar-refractivity contribution >= 4 is 44.8 Å². The lowest BCUT2D eigenvalue weighted by molar-refractivity contribution is -0.129. The number of aliphatic imine (C=N–C) groups is 1. The van der Waals surface area contributed by atoms with Crippen molar-refractivity contribution in [2.45, 2.75) is 46.1 Å². The lowest BCUT2D eigenvalue weighted by Gasteiger charge is -2.35. The number of unbranched alkanes of at least 4 members (excludes halogenated alkanes) is 1. The molecule has 0 unspecified atom stereocenters. The number of benzene rings is 1. The summed E-state index contributed by atoms with van der Waals surface area (Å²) in [4.78, 5) is 35.5. The number of hydroxylamine groups is 1. The Labute approximate surface area is 221 Å². The Hall–Kier alpha value is -3.17. The van der Waals surface area contributed by atoms with Gasteiger partial charge in [0, 0.05) is 61.9 Å². The van der Waals surface area contributed by atoms with Gasteiger partial charge in [0.05, 0.1) is 12.1 Å². The number of thiophene rings is 1. The van der Waals surface area contributed by atoms with Crippen LogP contribution in [0.3, 0.4) is 0 Å². The second-order valence-corrected chi connectivity index (χ2v) is 11.3. The van der Waals surface area contributed by atoms with Crippen LogP contribution in [0.4, 0.5) is 10.8 Å². The summed E-state index contributed by atoms with van der Waals surface area (Å²) in [5.41, 5.74) is 6.65. The first-order valence-electron chi connectivity index (χ1n) is 13.3. The first-order valence-corrected chi connectivity index (χ1v) is 14.1. The summed E-state index contributed by atoms with van der Waals surface area (Å²) in [6, 6.07) is 10.6. The van der Waals surface area contributed by atoms with Crippen molar-refractivity contribution in [1.29, 1.82) is 0 Å². The zero-order chi connectivity index (χ0) is 25.4. The first-order chi connectivity index (χ1) is 18.0. The number of para-hydroxylation sites is 1. The number of hydrogen-bond acceptors (Lipinski definition) is 8. The maximum atomic E-state index is 11.8. The zero-order valence-corrected chi connectivity index (χ0v) is 22.4. The van der Waals surface area contributed by atoms with E-state index in [4.69, 9.17) is 14.8 Å². The van der Waals surface area contributed by atoms with Crippen LogP contribution in [0.25, 0.3) is 10.9 Å². The molecule has 2 aromatic heterocycles. The lowest BCUT2D eigenvalue weighted by Crippen LogP contribution is -2.47.